The number of carbonyl (C=O) groups is 3. The maximum absolute atomic E-state index is 12.2. The molecule has 0 bridgehead atoms. The minimum Gasteiger partial charge on any atom is -0.504 e. The molecule has 2 aromatic carbocycles. The number of benzene rings is 2. The summed E-state index contributed by atoms with van der Waals surface area (Å²) in [7, 11) is 0. The molecule has 2 heterocycles. The third-order valence-electron chi connectivity index (χ3n) is 6.23. The number of phenols is 2. The lowest BCUT2D eigenvalue weighted by atomic mass is 10.1. The number of nitrogens with zero attached hydrogens (tertiary/aromatic N) is 4. The molecule has 0 saturated heterocycles. The van der Waals surface area contributed by atoms with Gasteiger partial charge in [0.05, 0.1) is 33.1 Å². The van der Waals surface area contributed by atoms with Crippen molar-refractivity contribution in [3.8, 4) is 45.5 Å². The number of anilines is 2. The van der Waals surface area contributed by atoms with Gasteiger partial charge < -0.3 is 30.7 Å². The molecule has 0 aliphatic heterocycles. The zero-order chi connectivity index (χ0) is 36.7. The molecule has 0 radical (unpaired) electrons. The fourth-order valence-electron chi connectivity index (χ4n) is 3.52. The number of esters is 2. The van der Waals surface area contributed by atoms with Crippen LogP contribution in [0.5, 0.6) is 23.0 Å². The van der Waals surface area contributed by atoms with Gasteiger partial charge in [-0.25, -0.2) is 9.97 Å². The van der Waals surface area contributed by atoms with Gasteiger partial charge in [-0.3, -0.25) is 34.6 Å². The fraction of sp³-hybridized carbons (Fsp3) is 0.300. The maximum atomic E-state index is 12.2. The Hall–Kier alpha value is -5.21. The Morgan fingerprint density at radius 1 is 0.800 bits per heavy atom. The predicted molar refractivity (Wildman–Crippen MR) is 191 cm³/mol. The second-order valence-electron chi connectivity index (χ2n) is 11.1. The highest BCUT2D eigenvalue weighted by Crippen LogP contribution is 2.43. The molecule has 4 rings (SSSR count). The van der Waals surface area contributed by atoms with Gasteiger partial charge in [0.1, 0.15) is 0 Å². The number of aromatic hydroxyl groups is 2. The van der Waals surface area contributed by atoms with Crippen LogP contribution in [0.4, 0.5) is 21.6 Å². The van der Waals surface area contributed by atoms with Crippen LogP contribution in [0.15, 0.2) is 35.0 Å². The number of nitrogens with one attached hydrogen (secondary N) is 1. The normalized spacial score (nSPS) is 10.6. The number of halogens is 1. The van der Waals surface area contributed by atoms with E-state index >= 15 is 0 Å². The van der Waals surface area contributed by atoms with Gasteiger partial charge in [0, 0.05) is 39.9 Å². The van der Waals surface area contributed by atoms with E-state index in [9.17, 15) is 44.8 Å². The Morgan fingerprint density at radius 3 is 1.84 bits per heavy atom. The highest BCUT2D eigenvalue weighted by molar-refractivity contribution is 8.93. The van der Waals surface area contributed by atoms with Crippen molar-refractivity contribution >= 4 is 79.1 Å². The molecule has 20 heteroatoms. The van der Waals surface area contributed by atoms with E-state index in [2.05, 4.69) is 15.3 Å². The highest BCUT2D eigenvalue weighted by atomic mass is 79.9. The van der Waals surface area contributed by atoms with Crippen molar-refractivity contribution in [2.24, 2.45) is 17.8 Å². The number of aromatic nitrogens is 2. The van der Waals surface area contributed by atoms with E-state index in [-0.39, 0.29) is 40.1 Å². The number of phenolic OH excluding ortho intramolecular Hbond substituents is 2. The number of amides is 1. The first-order chi connectivity index (χ1) is 22.9. The Labute approximate surface area is 303 Å². The minimum absolute atomic E-state index is 0. The molecule has 0 spiro atoms. The summed E-state index contributed by atoms with van der Waals surface area (Å²) in [4.78, 5) is 65.4. The van der Waals surface area contributed by atoms with Crippen molar-refractivity contribution < 1.29 is 43.9 Å². The molecule has 0 unspecified atom stereocenters. The van der Waals surface area contributed by atoms with Crippen molar-refractivity contribution in [1.82, 2.24) is 9.97 Å². The number of nitro groups is 2. The zero-order valence-corrected chi connectivity index (χ0v) is 30.7. The van der Waals surface area contributed by atoms with E-state index in [1.54, 1.807) is 52.3 Å². The summed E-state index contributed by atoms with van der Waals surface area (Å²) in [6.07, 6.45) is 0. The standard InChI is InChI=1S/C21H25N3O7S.C9H7N3O4S.BrH/c1-10(2)18(25)23-21-22-14(9-32-21)13-7-15(24(28)29)17(31-20(27)12(5)6)16(8-13)30-19(26)11(3)4;10-9-11-5(3-17-9)4-1-6(12(15)16)8(14)7(13)2-4;/h7-12H,1-6H3,(H,22,23,25);1-3,13-14H,(H2,10,11);1H. The Bertz CT molecular complexity index is 1910. The van der Waals surface area contributed by atoms with Crippen molar-refractivity contribution in [2.45, 2.75) is 41.5 Å². The summed E-state index contributed by atoms with van der Waals surface area (Å²) >= 11 is 2.32. The largest absolute Gasteiger partial charge is 0.504 e. The molecule has 0 saturated carbocycles. The Balaban J connectivity index is 0.000000404. The van der Waals surface area contributed by atoms with Gasteiger partial charge in [0.15, 0.2) is 21.8 Å². The second kappa shape index (κ2) is 17.4. The average Bonchev–Trinajstić information content (AvgIpc) is 3.68. The number of nitro benzene ring substituents is 2. The van der Waals surface area contributed by atoms with Gasteiger partial charge in [-0.15, -0.1) is 39.7 Å². The quantitative estimate of drug-likeness (QED) is 0.0427. The Kier molecular flexibility index (Phi) is 14.3. The van der Waals surface area contributed by atoms with Gasteiger partial charge in [-0.1, -0.05) is 41.5 Å². The number of hydrogen-bond acceptors (Lipinski definition) is 16. The van der Waals surface area contributed by atoms with Crippen LogP contribution in [0.3, 0.4) is 0 Å². The monoisotopic (exact) mass is 796 g/mol. The first-order valence-corrected chi connectivity index (χ1v) is 16.1. The van der Waals surface area contributed by atoms with E-state index in [1.165, 1.54) is 29.5 Å². The number of nitrogens with two attached hydrogens (primary N) is 1. The first kappa shape index (κ1) is 41.0. The molecule has 0 aliphatic carbocycles. The lowest BCUT2D eigenvalue weighted by molar-refractivity contribution is -0.386. The van der Waals surface area contributed by atoms with Gasteiger partial charge in [-0.2, -0.15) is 0 Å². The number of rotatable bonds is 10. The molecular formula is C30H33BrN6O11S2. The van der Waals surface area contributed by atoms with E-state index in [4.69, 9.17) is 15.2 Å². The molecule has 0 aliphatic rings. The number of thiazole rings is 2. The van der Waals surface area contributed by atoms with Gasteiger partial charge in [-0.05, 0) is 12.1 Å². The highest BCUT2D eigenvalue weighted by Gasteiger charge is 2.29. The average molecular weight is 798 g/mol. The van der Waals surface area contributed by atoms with E-state index < -0.39 is 62.2 Å². The van der Waals surface area contributed by atoms with Crippen molar-refractivity contribution in [2.75, 3.05) is 11.1 Å². The van der Waals surface area contributed by atoms with E-state index in [0.29, 0.717) is 27.2 Å². The Morgan fingerprint density at radius 2 is 1.32 bits per heavy atom. The number of hydrogen-bond donors (Lipinski definition) is 4. The van der Waals surface area contributed by atoms with Gasteiger partial charge >= 0.3 is 23.3 Å². The van der Waals surface area contributed by atoms with Crippen LogP contribution in [-0.4, -0.2) is 47.9 Å². The first-order valence-electron chi connectivity index (χ1n) is 14.3. The summed E-state index contributed by atoms with van der Waals surface area (Å²) in [5.41, 5.74) is 5.62. The van der Waals surface area contributed by atoms with Crippen LogP contribution < -0.4 is 20.5 Å². The number of nitrogen functional groups attached to an aromatic ring is 1. The maximum Gasteiger partial charge on any atom is 0.316 e. The minimum atomic E-state index is -0.783. The lowest BCUT2D eigenvalue weighted by Gasteiger charge is -2.14. The summed E-state index contributed by atoms with van der Waals surface area (Å²) in [6.45, 7) is 9.82. The molecule has 0 fully saturated rings. The van der Waals surface area contributed by atoms with E-state index in [0.717, 1.165) is 17.4 Å². The molecule has 17 nitrogen and oxygen atoms in total. The third-order valence-corrected chi connectivity index (χ3v) is 7.66. The number of ether oxygens (including phenoxy) is 2. The zero-order valence-electron chi connectivity index (χ0n) is 27.4. The smallest absolute Gasteiger partial charge is 0.316 e. The van der Waals surface area contributed by atoms with E-state index in [1.807, 2.05) is 0 Å². The van der Waals surface area contributed by atoms with Crippen molar-refractivity contribution in [3.63, 3.8) is 0 Å². The van der Waals surface area contributed by atoms with Crippen molar-refractivity contribution in [3.05, 3.63) is 55.3 Å². The molecule has 2 aromatic heterocycles. The molecule has 1 amide bonds. The molecular weight excluding hydrogens is 764 g/mol. The third kappa shape index (κ3) is 10.4. The summed E-state index contributed by atoms with van der Waals surface area (Å²) < 4.78 is 10.6. The SMILES string of the molecule is Br.CC(C)C(=O)Nc1nc(-c2cc(OC(=O)C(C)C)c(OC(=O)C(C)C)c([N+](=O)[O-])c2)cs1.Nc1nc(-c2cc(O)c(O)c([N+](=O)[O-])c2)cs1. The fourth-order valence-corrected chi connectivity index (χ4v) is 4.81. The molecule has 4 aromatic rings. The molecule has 50 heavy (non-hydrogen) atoms. The van der Waals surface area contributed by atoms with Crippen LogP contribution in [0, 0.1) is 38.0 Å². The molecule has 5 N–H and O–H groups in total. The number of carbonyl (C=O) groups excluding carboxylic acids is 3. The van der Waals surface area contributed by atoms with Crippen LogP contribution in [-0.2, 0) is 14.4 Å². The summed E-state index contributed by atoms with van der Waals surface area (Å²) in [6, 6.07) is 4.85. The topological polar surface area (TPSA) is 260 Å². The second-order valence-corrected chi connectivity index (χ2v) is 12.9. The van der Waals surface area contributed by atoms with Crippen LogP contribution in [0.1, 0.15) is 41.5 Å². The van der Waals surface area contributed by atoms with Crippen LogP contribution in [0.25, 0.3) is 22.5 Å². The molecule has 0 atom stereocenters. The van der Waals surface area contributed by atoms with Crippen LogP contribution >= 0.6 is 39.7 Å². The van der Waals surface area contributed by atoms with Gasteiger partial charge in [0.25, 0.3) is 5.75 Å². The molecule has 268 valence electrons. The van der Waals surface area contributed by atoms with Gasteiger partial charge in [0.2, 0.25) is 11.7 Å². The van der Waals surface area contributed by atoms with Crippen molar-refractivity contribution in [1.29, 1.82) is 0 Å². The van der Waals surface area contributed by atoms with Crippen LogP contribution in [0.2, 0.25) is 0 Å². The predicted octanol–water partition coefficient (Wildman–Crippen LogP) is 6.73. The summed E-state index contributed by atoms with van der Waals surface area (Å²) in [5.74, 6) is -4.96. The lowest BCUT2D eigenvalue weighted by Crippen LogP contribution is -2.19. The summed E-state index contributed by atoms with van der Waals surface area (Å²) in [5, 5.41) is 47.6.